The number of carbonyl (C=O) groups is 3. The van der Waals surface area contributed by atoms with Gasteiger partial charge < -0.3 is 15.0 Å². The Balaban J connectivity index is 1.66. The number of nitrogens with one attached hydrogen (secondary N) is 2. The van der Waals surface area contributed by atoms with Gasteiger partial charge in [0.05, 0.1) is 0 Å². The SMILES string of the molecule is CCN1C(=NNC(=O)C(=O)[C@@H](NC(=O)C2CCCCC2)C2CCOCC2)SC[C@@H]1C. The van der Waals surface area contributed by atoms with Crippen molar-refractivity contribution in [2.75, 3.05) is 25.5 Å². The lowest BCUT2D eigenvalue weighted by Crippen LogP contribution is -2.53. The molecule has 0 spiro atoms. The number of hydrogen-bond donors (Lipinski definition) is 2. The van der Waals surface area contributed by atoms with Gasteiger partial charge in [0.15, 0.2) is 5.17 Å². The minimum atomic E-state index is -0.819. The van der Waals surface area contributed by atoms with Crippen molar-refractivity contribution in [2.24, 2.45) is 16.9 Å². The fraction of sp³-hybridized carbons (Fsp3) is 0.810. The molecule has 8 nitrogen and oxygen atoms in total. The highest BCUT2D eigenvalue weighted by Crippen LogP contribution is 2.26. The van der Waals surface area contributed by atoms with Crippen LogP contribution in [-0.2, 0) is 19.1 Å². The van der Waals surface area contributed by atoms with Crippen molar-refractivity contribution in [1.29, 1.82) is 0 Å². The van der Waals surface area contributed by atoms with Gasteiger partial charge in [0, 0.05) is 37.5 Å². The number of nitrogens with zero attached hydrogens (tertiary/aromatic N) is 2. The van der Waals surface area contributed by atoms with Crippen LogP contribution in [0.25, 0.3) is 0 Å². The number of Topliss-reactive ketones (excluding diaryl/α,β-unsaturated/α-hetero) is 1. The molecule has 2 heterocycles. The number of carbonyl (C=O) groups excluding carboxylic acids is 3. The van der Waals surface area contributed by atoms with E-state index < -0.39 is 17.7 Å². The molecule has 2 aliphatic heterocycles. The topological polar surface area (TPSA) is 100 Å². The first-order chi connectivity index (χ1) is 14.5. The van der Waals surface area contributed by atoms with Gasteiger partial charge in [-0.05, 0) is 45.4 Å². The summed E-state index contributed by atoms with van der Waals surface area (Å²) in [6.45, 7) is 6.01. The highest BCUT2D eigenvalue weighted by atomic mass is 32.2. The highest BCUT2D eigenvalue weighted by molar-refractivity contribution is 8.14. The molecule has 3 fully saturated rings. The van der Waals surface area contributed by atoms with Crippen LogP contribution >= 0.6 is 11.8 Å². The number of ketones is 1. The molecule has 0 bridgehead atoms. The monoisotopic (exact) mass is 438 g/mol. The van der Waals surface area contributed by atoms with E-state index in [-0.39, 0.29) is 17.7 Å². The Labute approximate surface area is 182 Å². The summed E-state index contributed by atoms with van der Waals surface area (Å²) in [7, 11) is 0. The third-order valence-electron chi connectivity index (χ3n) is 6.34. The van der Waals surface area contributed by atoms with Crippen LogP contribution in [-0.4, -0.2) is 65.3 Å². The number of amides is 2. The number of thioether (sulfide) groups is 1. The van der Waals surface area contributed by atoms with E-state index in [9.17, 15) is 14.4 Å². The predicted molar refractivity (Wildman–Crippen MR) is 117 cm³/mol. The van der Waals surface area contributed by atoms with Gasteiger partial charge in [0.25, 0.3) is 0 Å². The molecule has 0 aromatic heterocycles. The standard InChI is InChI=1S/C21H34N4O4S/c1-3-25-14(2)13-30-21(25)24-23-20(28)18(26)17(15-9-11-29-12-10-15)22-19(27)16-7-5-4-6-8-16/h14-17H,3-13H2,1-2H3,(H,22,27)(H,23,28)/t14-,17-/m0/s1. The van der Waals surface area contributed by atoms with Gasteiger partial charge in [-0.3, -0.25) is 14.4 Å². The quantitative estimate of drug-likeness (QED) is 0.465. The molecule has 9 heteroatoms. The van der Waals surface area contributed by atoms with Crippen LogP contribution in [0.4, 0.5) is 0 Å². The Morgan fingerprint density at radius 2 is 1.87 bits per heavy atom. The third-order valence-corrected chi connectivity index (χ3v) is 7.58. The average Bonchev–Trinajstić information content (AvgIpc) is 3.15. The van der Waals surface area contributed by atoms with E-state index in [1.54, 1.807) is 11.8 Å². The molecule has 30 heavy (non-hydrogen) atoms. The lowest BCUT2D eigenvalue weighted by molar-refractivity contribution is -0.142. The maximum Gasteiger partial charge on any atom is 0.309 e. The van der Waals surface area contributed by atoms with Crippen molar-refractivity contribution in [3.8, 4) is 0 Å². The van der Waals surface area contributed by atoms with E-state index in [1.807, 2.05) is 6.92 Å². The van der Waals surface area contributed by atoms with Gasteiger partial charge in [-0.15, -0.1) is 5.10 Å². The lowest BCUT2D eigenvalue weighted by atomic mass is 9.85. The molecular weight excluding hydrogens is 404 g/mol. The maximum atomic E-state index is 13.0. The molecule has 2 N–H and O–H groups in total. The summed E-state index contributed by atoms with van der Waals surface area (Å²) in [4.78, 5) is 40.6. The van der Waals surface area contributed by atoms with E-state index in [0.29, 0.717) is 32.1 Å². The lowest BCUT2D eigenvalue weighted by Gasteiger charge is -2.31. The normalized spacial score (nSPS) is 25.9. The molecule has 2 amide bonds. The molecule has 168 valence electrons. The summed E-state index contributed by atoms with van der Waals surface area (Å²) < 4.78 is 5.41. The largest absolute Gasteiger partial charge is 0.381 e. The first-order valence-corrected chi connectivity index (χ1v) is 12.2. The van der Waals surface area contributed by atoms with Crippen molar-refractivity contribution in [2.45, 2.75) is 70.9 Å². The number of rotatable bonds is 7. The van der Waals surface area contributed by atoms with Crippen LogP contribution in [0.5, 0.6) is 0 Å². The van der Waals surface area contributed by atoms with E-state index in [2.05, 4.69) is 27.7 Å². The zero-order valence-electron chi connectivity index (χ0n) is 18.0. The predicted octanol–water partition coefficient (Wildman–Crippen LogP) is 1.89. The minimum Gasteiger partial charge on any atom is -0.381 e. The van der Waals surface area contributed by atoms with E-state index in [1.165, 1.54) is 0 Å². The fourth-order valence-corrected chi connectivity index (χ4v) is 5.63. The molecule has 2 saturated heterocycles. The van der Waals surface area contributed by atoms with Gasteiger partial charge in [-0.2, -0.15) is 0 Å². The second-order valence-corrected chi connectivity index (χ2v) is 9.40. The second-order valence-electron chi connectivity index (χ2n) is 8.42. The van der Waals surface area contributed by atoms with Crippen LogP contribution < -0.4 is 10.7 Å². The smallest absolute Gasteiger partial charge is 0.309 e. The van der Waals surface area contributed by atoms with E-state index in [0.717, 1.165) is 49.6 Å². The molecule has 1 saturated carbocycles. The average molecular weight is 439 g/mol. The van der Waals surface area contributed by atoms with Crippen LogP contribution in [0, 0.1) is 11.8 Å². The molecule has 0 aromatic carbocycles. The molecule has 0 aromatic rings. The Kier molecular flexibility index (Phi) is 8.56. The Morgan fingerprint density at radius 3 is 2.53 bits per heavy atom. The summed E-state index contributed by atoms with van der Waals surface area (Å²) in [5, 5.41) is 7.84. The molecular formula is C21H34N4O4S. The van der Waals surface area contributed by atoms with Crippen LogP contribution in [0.15, 0.2) is 5.10 Å². The molecule has 3 aliphatic rings. The second kappa shape index (κ2) is 11.1. The van der Waals surface area contributed by atoms with Gasteiger partial charge in [0.1, 0.15) is 6.04 Å². The zero-order valence-corrected chi connectivity index (χ0v) is 18.8. The van der Waals surface area contributed by atoms with Crippen molar-refractivity contribution >= 4 is 34.5 Å². The number of amidine groups is 1. The Morgan fingerprint density at radius 1 is 1.17 bits per heavy atom. The molecule has 0 radical (unpaired) electrons. The highest BCUT2D eigenvalue weighted by Gasteiger charge is 2.36. The van der Waals surface area contributed by atoms with Crippen molar-refractivity contribution < 1.29 is 19.1 Å². The van der Waals surface area contributed by atoms with Gasteiger partial charge >= 0.3 is 5.91 Å². The summed E-state index contributed by atoms with van der Waals surface area (Å²) in [6.07, 6.45) is 6.23. The summed E-state index contributed by atoms with van der Waals surface area (Å²) in [6, 6.07) is -0.475. The van der Waals surface area contributed by atoms with Gasteiger partial charge in [-0.1, -0.05) is 31.0 Å². The van der Waals surface area contributed by atoms with Gasteiger partial charge in [0.2, 0.25) is 11.7 Å². The number of hydrogen-bond acceptors (Lipinski definition) is 6. The van der Waals surface area contributed by atoms with Crippen molar-refractivity contribution in [1.82, 2.24) is 15.6 Å². The number of hydrazone groups is 1. The molecule has 3 rings (SSSR count). The summed E-state index contributed by atoms with van der Waals surface area (Å²) >= 11 is 1.57. The van der Waals surface area contributed by atoms with Crippen molar-refractivity contribution in [3.63, 3.8) is 0 Å². The van der Waals surface area contributed by atoms with Crippen molar-refractivity contribution in [3.05, 3.63) is 0 Å². The first-order valence-electron chi connectivity index (χ1n) is 11.2. The Hall–Kier alpha value is -1.61. The molecule has 0 unspecified atom stereocenters. The Bertz CT molecular complexity index is 659. The van der Waals surface area contributed by atoms with Crippen LogP contribution in [0.3, 0.4) is 0 Å². The minimum absolute atomic E-state index is 0.0633. The fourth-order valence-electron chi connectivity index (χ4n) is 4.48. The van der Waals surface area contributed by atoms with Gasteiger partial charge in [-0.25, -0.2) is 5.43 Å². The van der Waals surface area contributed by atoms with E-state index in [4.69, 9.17) is 4.74 Å². The van der Waals surface area contributed by atoms with E-state index >= 15 is 0 Å². The van der Waals surface area contributed by atoms with Crippen LogP contribution in [0.1, 0.15) is 58.8 Å². The van der Waals surface area contributed by atoms with Crippen LogP contribution in [0.2, 0.25) is 0 Å². The molecule has 1 aliphatic carbocycles. The maximum absolute atomic E-state index is 13.0. The summed E-state index contributed by atoms with van der Waals surface area (Å²) in [5.74, 6) is -0.736. The third kappa shape index (κ3) is 5.75. The summed E-state index contributed by atoms with van der Waals surface area (Å²) in [5.41, 5.74) is 2.44. The zero-order chi connectivity index (χ0) is 21.5. The molecule has 2 atom stereocenters. The first kappa shape index (κ1) is 23.1. The number of ether oxygens (including phenoxy) is 1.